The van der Waals surface area contributed by atoms with Crippen molar-refractivity contribution >= 4 is 0 Å². The Hall–Kier alpha value is -1.70. The molecule has 0 aromatic rings. The summed E-state index contributed by atoms with van der Waals surface area (Å²) in [4.78, 5) is 1.89. The van der Waals surface area contributed by atoms with Crippen LogP contribution in [0.15, 0.2) is 61.1 Å². The van der Waals surface area contributed by atoms with Gasteiger partial charge in [-0.25, -0.2) is 0 Å². The van der Waals surface area contributed by atoms with Gasteiger partial charge in [0.05, 0.1) is 0 Å². The van der Waals surface area contributed by atoms with Crippen LogP contribution in [0.2, 0.25) is 0 Å². The Morgan fingerprint density at radius 1 is 1.36 bits per heavy atom. The van der Waals surface area contributed by atoms with E-state index in [1.54, 1.807) is 12.2 Å². The first-order valence-electron chi connectivity index (χ1n) is 4.42. The second-order valence-electron chi connectivity index (χ2n) is 2.82. The largest absolute Gasteiger partial charge is 0.399 e. The summed E-state index contributed by atoms with van der Waals surface area (Å²) >= 11 is 0. The molecule has 0 aliphatic heterocycles. The van der Waals surface area contributed by atoms with Crippen molar-refractivity contribution in [3.8, 4) is 0 Å². The van der Waals surface area contributed by atoms with Crippen LogP contribution in [-0.4, -0.2) is 11.9 Å². The molecule has 0 aliphatic rings. The quantitative estimate of drug-likeness (QED) is 0.675. The maximum Gasteiger partial charge on any atom is 0.0351 e. The topological polar surface area (TPSA) is 29.3 Å². The van der Waals surface area contributed by atoms with Crippen LogP contribution in [0, 0.1) is 0 Å². The Kier molecular flexibility index (Phi) is 5.95. The van der Waals surface area contributed by atoms with Crippen molar-refractivity contribution in [3.63, 3.8) is 0 Å². The van der Waals surface area contributed by atoms with Crippen LogP contribution >= 0.6 is 0 Å². The van der Waals surface area contributed by atoms with Crippen LogP contribution in [0.25, 0.3) is 0 Å². The van der Waals surface area contributed by atoms with Crippen molar-refractivity contribution < 1.29 is 0 Å². The van der Waals surface area contributed by atoms with Crippen LogP contribution in [0.4, 0.5) is 0 Å². The van der Waals surface area contributed by atoms with Crippen molar-refractivity contribution in [1.29, 1.82) is 0 Å². The first-order valence-corrected chi connectivity index (χ1v) is 4.42. The number of allylic oxidation sites excluding steroid dienone is 5. The lowest BCUT2D eigenvalue weighted by Gasteiger charge is -2.13. The van der Waals surface area contributed by atoms with Gasteiger partial charge in [0.2, 0.25) is 0 Å². The second-order valence-corrected chi connectivity index (χ2v) is 2.82. The predicted molar refractivity (Wildman–Crippen MR) is 63.3 cm³/mol. The molecule has 0 unspecified atom stereocenters. The molecule has 0 heterocycles. The summed E-state index contributed by atoms with van der Waals surface area (Å²) in [7, 11) is 1.91. The fraction of sp³-hybridized carbons (Fsp3) is 0.167. The zero-order valence-corrected chi connectivity index (χ0v) is 8.90. The Bertz CT molecular complexity index is 283. The lowest BCUT2D eigenvalue weighted by molar-refractivity contribution is 0.590. The Balaban J connectivity index is 4.33. The monoisotopic (exact) mass is 190 g/mol. The number of rotatable bonds is 5. The van der Waals surface area contributed by atoms with Crippen molar-refractivity contribution in [3.05, 3.63) is 61.1 Å². The summed E-state index contributed by atoms with van der Waals surface area (Å²) in [6.07, 6.45) is 11.1. The van der Waals surface area contributed by atoms with Crippen LogP contribution in [-0.2, 0) is 0 Å². The molecule has 0 saturated carbocycles. The third-order valence-corrected chi connectivity index (χ3v) is 1.64. The van der Waals surface area contributed by atoms with Crippen LogP contribution in [0.1, 0.15) is 6.92 Å². The molecule has 2 nitrogen and oxygen atoms in total. The third kappa shape index (κ3) is 5.04. The predicted octanol–water partition coefficient (Wildman–Crippen LogP) is 2.55. The van der Waals surface area contributed by atoms with Gasteiger partial charge in [-0.3, -0.25) is 0 Å². The van der Waals surface area contributed by atoms with E-state index in [1.165, 1.54) is 0 Å². The normalized spacial score (nSPS) is 12.3. The summed E-state index contributed by atoms with van der Waals surface area (Å²) in [5, 5.41) is 0. The molecule has 0 aromatic heterocycles. The second kappa shape index (κ2) is 6.78. The molecule has 76 valence electrons. The smallest absolute Gasteiger partial charge is 0.0351 e. The molecule has 2 heteroatoms. The van der Waals surface area contributed by atoms with Gasteiger partial charge in [0.25, 0.3) is 0 Å². The van der Waals surface area contributed by atoms with E-state index in [4.69, 9.17) is 5.73 Å². The van der Waals surface area contributed by atoms with Crippen LogP contribution in [0.3, 0.4) is 0 Å². The number of nitrogens with zero attached hydrogens (tertiary/aromatic N) is 1. The average molecular weight is 190 g/mol. The highest BCUT2D eigenvalue weighted by Crippen LogP contribution is 2.03. The molecule has 0 rings (SSSR count). The molecule has 0 saturated heterocycles. The molecule has 0 radical (unpaired) electrons. The summed E-state index contributed by atoms with van der Waals surface area (Å²) in [6.45, 7) is 9.40. The van der Waals surface area contributed by atoms with Gasteiger partial charge >= 0.3 is 0 Å². The molecule has 14 heavy (non-hydrogen) atoms. The Morgan fingerprint density at radius 3 is 2.50 bits per heavy atom. The van der Waals surface area contributed by atoms with Gasteiger partial charge in [-0.15, -0.1) is 0 Å². The molecule has 0 aliphatic carbocycles. The minimum Gasteiger partial charge on any atom is -0.399 e. The van der Waals surface area contributed by atoms with Gasteiger partial charge < -0.3 is 10.6 Å². The van der Waals surface area contributed by atoms with Gasteiger partial charge in [-0.05, 0) is 25.2 Å². The Morgan fingerprint density at radius 2 is 2.00 bits per heavy atom. The highest BCUT2D eigenvalue weighted by molar-refractivity contribution is 5.25. The maximum atomic E-state index is 5.58. The Labute approximate surface area is 86.4 Å². The van der Waals surface area contributed by atoms with Crippen LogP contribution in [0.5, 0.6) is 0 Å². The molecule has 0 atom stereocenters. The molecular weight excluding hydrogens is 172 g/mol. The molecule has 0 spiro atoms. The van der Waals surface area contributed by atoms with E-state index in [0.29, 0.717) is 5.70 Å². The zero-order chi connectivity index (χ0) is 11.0. The maximum absolute atomic E-state index is 5.58. The molecular formula is C12H18N2. The van der Waals surface area contributed by atoms with Gasteiger partial charge in [-0.2, -0.15) is 0 Å². The van der Waals surface area contributed by atoms with Crippen molar-refractivity contribution in [2.75, 3.05) is 7.05 Å². The minimum atomic E-state index is 0.612. The van der Waals surface area contributed by atoms with Crippen LogP contribution < -0.4 is 5.73 Å². The first-order chi connectivity index (χ1) is 6.61. The molecule has 2 N–H and O–H groups in total. The standard InChI is InChI=1S/C12H18N2/c1-5-7-8-9-14(4)11(3)10-12(13)6-2/h5-10H,2-3,13H2,1,4H3/b7-5-,9-8-,12-10+. The molecule has 0 bridgehead atoms. The molecule has 0 amide bonds. The number of hydrogen-bond acceptors (Lipinski definition) is 2. The third-order valence-electron chi connectivity index (χ3n) is 1.64. The van der Waals surface area contributed by atoms with E-state index < -0.39 is 0 Å². The van der Waals surface area contributed by atoms with Crippen molar-refractivity contribution in [2.24, 2.45) is 5.73 Å². The summed E-state index contributed by atoms with van der Waals surface area (Å²) in [6, 6.07) is 0. The molecule has 0 fully saturated rings. The van der Waals surface area contributed by atoms with Gasteiger partial charge in [0.15, 0.2) is 0 Å². The first kappa shape index (κ1) is 12.3. The van der Waals surface area contributed by atoms with E-state index >= 15 is 0 Å². The SMILES string of the molecule is C=C/C(N)=C\C(=C)N(C)/C=C\C=C/C. The number of hydrogen-bond donors (Lipinski definition) is 1. The fourth-order valence-electron chi connectivity index (χ4n) is 0.739. The molecule has 0 aromatic carbocycles. The van der Waals surface area contributed by atoms with Crippen molar-refractivity contribution in [1.82, 2.24) is 4.90 Å². The lowest BCUT2D eigenvalue weighted by Crippen LogP contribution is -2.08. The van der Waals surface area contributed by atoms with Crippen molar-refractivity contribution in [2.45, 2.75) is 6.92 Å². The zero-order valence-electron chi connectivity index (χ0n) is 8.90. The lowest BCUT2D eigenvalue weighted by atomic mass is 10.3. The van der Waals surface area contributed by atoms with E-state index in [1.807, 2.05) is 43.3 Å². The number of nitrogens with two attached hydrogens (primary N) is 1. The minimum absolute atomic E-state index is 0.612. The van der Waals surface area contributed by atoms with E-state index in [2.05, 4.69) is 13.2 Å². The van der Waals surface area contributed by atoms with E-state index in [0.717, 1.165) is 5.70 Å². The average Bonchev–Trinajstić information content (AvgIpc) is 2.17. The number of likely N-dealkylation sites (N-methyl/N-ethyl adjacent to an activating group) is 1. The summed E-state index contributed by atoms with van der Waals surface area (Å²) in [5.41, 5.74) is 7.02. The summed E-state index contributed by atoms with van der Waals surface area (Å²) < 4.78 is 0. The fourth-order valence-corrected chi connectivity index (χ4v) is 0.739. The highest BCUT2D eigenvalue weighted by Gasteiger charge is 1.93. The van der Waals surface area contributed by atoms with Gasteiger partial charge in [-0.1, -0.05) is 25.3 Å². The van der Waals surface area contributed by atoms with E-state index in [9.17, 15) is 0 Å². The van der Waals surface area contributed by atoms with Gasteiger partial charge in [0, 0.05) is 24.6 Å². The van der Waals surface area contributed by atoms with E-state index in [-0.39, 0.29) is 0 Å². The summed E-state index contributed by atoms with van der Waals surface area (Å²) in [5.74, 6) is 0. The highest BCUT2D eigenvalue weighted by atomic mass is 15.1. The van der Waals surface area contributed by atoms with Gasteiger partial charge in [0.1, 0.15) is 0 Å².